The molecule has 1 saturated heterocycles. The molecule has 0 spiro atoms. The molecule has 0 bridgehead atoms. The molecule has 1 heterocycles. The van der Waals surface area contributed by atoms with Gasteiger partial charge in [-0.2, -0.15) is 0 Å². The lowest BCUT2D eigenvalue weighted by Crippen LogP contribution is -2.48. The fourth-order valence-electron chi connectivity index (χ4n) is 2.71. The van der Waals surface area contributed by atoms with Gasteiger partial charge in [-0.15, -0.1) is 12.4 Å². The number of piperidine rings is 1. The molecule has 1 aliphatic rings. The van der Waals surface area contributed by atoms with Gasteiger partial charge in [0, 0.05) is 25.2 Å². The standard InChI is InChI=1S/C15H21N3O5.ClH/c1-9-8-17(5-4-11(9)16)15(19)10-6-13(22-2)14(23-3)7-12(10)18(20)21;/h6-7,9,11H,4-5,8,16H2,1-3H3;1H. The molecule has 24 heavy (non-hydrogen) atoms. The Balaban J connectivity index is 0.00000288. The fraction of sp³-hybridized carbons (Fsp3) is 0.533. The van der Waals surface area contributed by atoms with Crippen molar-refractivity contribution in [1.82, 2.24) is 4.90 Å². The zero-order valence-corrected chi connectivity index (χ0v) is 14.7. The second-order valence-corrected chi connectivity index (χ2v) is 5.66. The van der Waals surface area contributed by atoms with Crippen LogP contribution in [0.25, 0.3) is 0 Å². The molecule has 1 aromatic rings. The molecule has 9 heteroatoms. The molecule has 1 aliphatic heterocycles. The molecule has 134 valence electrons. The Labute approximate surface area is 146 Å². The largest absolute Gasteiger partial charge is 0.493 e. The Hall–Kier alpha value is -2.06. The predicted molar refractivity (Wildman–Crippen MR) is 91.1 cm³/mol. The average molecular weight is 360 g/mol. The maximum absolute atomic E-state index is 12.7. The van der Waals surface area contributed by atoms with Crippen molar-refractivity contribution < 1.29 is 19.2 Å². The van der Waals surface area contributed by atoms with Crippen molar-refractivity contribution in [2.45, 2.75) is 19.4 Å². The Morgan fingerprint density at radius 1 is 1.33 bits per heavy atom. The minimum atomic E-state index is -0.589. The van der Waals surface area contributed by atoms with Crippen LogP contribution in [0.1, 0.15) is 23.7 Å². The smallest absolute Gasteiger partial charge is 0.286 e. The van der Waals surface area contributed by atoms with Gasteiger partial charge in [0.1, 0.15) is 5.56 Å². The van der Waals surface area contributed by atoms with Crippen LogP contribution >= 0.6 is 12.4 Å². The van der Waals surface area contributed by atoms with E-state index in [2.05, 4.69) is 0 Å². The van der Waals surface area contributed by atoms with Gasteiger partial charge < -0.3 is 20.1 Å². The average Bonchev–Trinajstić information content (AvgIpc) is 2.55. The number of nitro groups is 1. The highest BCUT2D eigenvalue weighted by Crippen LogP contribution is 2.35. The van der Waals surface area contributed by atoms with Gasteiger partial charge >= 0.3 is 0 Å². The predicted octanol–water partition coefficient (Wildman–Crippen LogP) is 1.84. The third-order valence-electron chi connectivity index (χ3n) is 4.19. The molecule has 8 nitrogen and oxygen atoms in total. The monoisotopic (exact) mass is 359 g/mol. The number of carbonyl (C=O) groups is 1. The number of ether oxygens (including phenoxy) is 2. The van der Waals surface area contributed by atoms with Crippen LogP contribution in [0.4, 0.5) is 5.69 Å². The van der Waals surface area contributed by atoms with E-state index in [1.807, 2.05) is 6.92 Å². The number of nitrogens with two attached hydrogens (primary N) is 1. The van der Waals surface area contributed by atoms with Gasteiger partial charge in [0.25, 0.3) is 11.6 Å². The molecule has 1 amide bonds. The first kappa shape index (κ1) is 20.0. The number of halogens is 1. The van der Waals surface area contributed by atoms with Gasteiger partial charge in [-0.05, 0) is 12.3 Å². The van der Waals surface area contributed by atoms with Gasteiger partial charge in [0.2, 0.25) is 0 Å². The van der Waals surface area contributed by atoms with Crippen molar-refractivity contribution >= 4 is 24.0 Å². The van der Waals surface area contributed by atoms with Crippen LogP contribution in [0.3, 0.4) is 0 Å². The van der Waals surface area contributed by atoms with E-state index in [-0.39, 0.29) is 47.1 Å². The molecule has 2 atom stereocenters. The summed E-state index contributed by atoms with van der Waals surface area (Å²) in [4.78, 5) is 25.1. The van der Waals surface area contributed by atoms with Crippen LogP contribution in [-0.4, -0.2) is 49.1 Å². The lowest BCUT2D eigenvalue weighted by molar-refractivity contribution is -0.385. The summed E-state index contributed by atoms with van der Waals surface area (Å²) in [7, 11) is 2.80. The summed E-state index contributed by atoms with van der Waals surface area (Å²) in [6.45, 7) is 2.93. The van der Waals surface area contributed by atoms with Crippen molar-refractivity contribution in [3.05, 3.63) is 27.8 Å². The summed E-state index contributed by atoms with van der Waals surface area (Å²) in [6.07, 6.45) is 0.675. The van der Waals surface area contributed by atoms with Gasteiger partial charge in [-0.1, -0.05) is 6.92 Å². The maximum atomic E-state index is 12.7. The van der Waals surface area contributed by atoms with E-state index in [0.717, 1.165) is 0 Å². The maximum Gasteiger partial charge on any atom is 0.286 e. The first-order valence-electron chi connectivity index (χ1n) is 7.34. The number of nitro benzene ring substituents is 1. The minimum absolute atomic E-state index is 0. The SMILES string of the molecule is COc1cc(C(=O)N2CCC(N)C(C)C2)c([N+](=O)[O-])cc1OC.Cl. The molecule has 0 saturated carbocycles. The number of likely N-dealkylation sites (tertiary alicyclic amines) is 1. The Kier molecular flexibility index (Phi) is 6.80. The van der Waals surface area contributed by atoms with Gasteiger partial charge in [0.15, 0.2) is 11.5 Å². The van der Waals surface area contributed by atoms with E-state index in [1.165, 1.54) is 26.4 Å². The summed E-state index contributed by atoms with van der Waals surface area (Å²) in [5.41, 5.74) is 5.66. The lowest BCUT2D eigenvalue weighted by Gasteiger charge is -2.35. The zero-order chi connectivity index (χ0) is 17.1. The van der Waals surface area contributed by atoms with E-state index in [0.29, 0.717) is 19.5 Å². The summed E-state index contributed by atoms with van der Waals surface area (Å²) in [6, 6.07) is 2.61. The molecule has 1 fully saturated rings. The first-order chi connectivity index (χ1) is 10.9. The van der Waals surface area contributed by atoms with E-state index in [1.54, 1.807) is 4.90 Å². The summed E-state index contributed by atoms with van der Waals surface area (Å²) in [5, 5.41) is 11.3. The van der Waals surface area contributed by atoms with Crippen molar-refractivity contribution in [3.8, 4) is 11.5 Å². The zero-order valence-electron chi connectivity index (χ0n) is 13.9. The number of carbonyl (C=O) groups excluding carboxylic acids is 1. The van der Waals surface area contributed by atoms with Crippen molar-refractivity contribution in [2.24, 2.45) is 11.7 Å². The molecule has 0 aromatic heterocycles. The molecule has 0 aliphatic carbocycles. The number of hydrogen-bond donors (Lipinski definition) is 1. The number of nitrogens with zero attached hydrogens (tertiary/aromatic N) is 2. The van der Waals surface area contributed by atoms with E-state index in [9.17, 15) is 14.9 Å². The van der Waals surface area contributed by atoms with Crippen molar-refractivity contribution in [1.29, 1.82) is 0 Å². The van der Waals surface area contributed by atoms with Crippen LogP contribution in [0, 0.1) is 16.0 Å². The molecule has 2 unspecified atom stereocenters. The Bertz CT molecular complexity index is 625. The van der Waals surface area contributed by atoms with Crippen molar-refractivity contribution in [3.63, 3.8) is 0 Å². The molecular weight excluding hydrogens is 338 g/mol. The van der Waals surface area contributed by atoms with E-state index < -0.39 is 10.8 Å². The van der Waals surface area contributed by atoms with E-state index in [4.69, 9.17) is 15.2 Å². The number of methoxy groups -OCH3 is 2. The summed E-state index contributed by atoms with van der Waals surface area (Å²) >= 11 is 0. The van der Waals surface area contributed by atoms with Crippen LogP contribution in [0.15, 0.2) is 12.1 Å². The number of hydrogen-bond acceptors (Lipinski definition) is 6. The lowest BCUT2D eigenvalue weighted by atomic mass is 9.94. The van der Waals surface area contributed by atoms with Gasteiger partial charge in [-0.3, -0.25) is 14.9 Å². The first-order valence-corrected chi connectivity index (χ1v) is 7.34. The number of rotatable bonds is 4. The highest BCUT2D eigenvalue weighted by molar-refractivity contribution is 5.99. The van der Waals surface area contributed by atoms with Crippen LogP contribution in [-0.2, 0) is 0 Å². The highest BCUT2D eigenvalue weighted by Gasteiger charge is 2.32. The second-order valence-electron chi connectivity index (χ2n) is 5.66. The normalized spacial score (nSPS) is 20.1. The number of amides is 1. The van der Waals surface area contributed by atoms with Crippen LogP contribution < -0.4 is 15.2 Å². The quantitative estimate of drug-likeness (QED) is 0.649. The molecule has 2 N–H and O–H groups in total. The summed E-state index contributed by atoms with van der Waals surface area (Å²) in [5.74, 6) is 0.247. The molecule has 0 radical (unpaired) electrons. The Morgan fingerprint density at radius 2 is 1.92 bits per heavy atom. The Morgan fingerprint density at radius 3 is 2.42 bits per heavy atom. The van der Waals surface area contributed by atoms with E-state index >= 15 is 0 Å². The van der Waals surface area contributed by atoms with Gasteiger partial charge in [0.05, 0.1) is 25.2 Å². The van der Waals surface area contributed by atoms with Crippen molar-refractivity contribution in [2.75, 3.05) is 27.3 Å². The van der Waals surface area contributed by atoms with Gasteiger partial charge in [-0.25, -0.2) is 0 Å². The molecular formula is C15H22ClN3O5. The molecule has 1 aromatic carbocycles. The third-order valence-corrected chi connectivity index (χ3v) is 4.19. The number of benzene rings is 1. The van der Waals surface area contributed by atoms with Crippen LogP contribution in [0.5, 0.6) is 11.5 Å². The van der Waals surface area contributed by atoms with Crippen LogP contribution in [0.2, 0.25) is 0 Å². The third kappa shape index (κ3) is 3.88. The topological polar surface area (TPSA) is 108 Å². The minimum Gasteiger partial charge on any atom is -0.493 e. The molecule has 2 rings (SSSR count). The highest BCUT2D eigenvalue weighted by atomic mass is 35.5. The second kappa shape index (κ2) is 8.16. The summed E-state index contributed by atoms with van der Waals surface area (Å²) < 4.78 is 10.2. The fourth-order valence-corrected chi connectivity index (χ4v) is 2.71.